The van der Waals surface area contributed by atoms with Crippen molar-refractivity contribution in [2.24, 2.45) is 0 Å². The van der Waals surface area contributed by atoms with Gasteiger partial charge in [-0.1, -0.05) is 23.7 Å². The van der Waals surface area contributed by atoms with Gasteiger partial charge in [0.15, 0.2) is 5.82 Å². The van der Waals surface area contributed by atoms with Gasteiger partial charge in [0.1, 0.15) is 35.7 Å². The van der Waals surface area contributed by atoms with Gasteiger partial charge in [0.2, 0.25) is 0 Å². The van der Waals surface area contributed by atoms with Crippen LogP contribution in [0.25, 0.3) is 32.8 Å². The van der Waals surface area contributed by atoms with Crippen molar-refractivity contribution in [3.05, 3.63) is 53.1 Å². The summed E-state index contributed by atoms with van der Waals surface area (Å²) in [6.45, 7) is 2.72. The van der Waals surface area contributed by atoms with Crippen LogP contribution in [0.1, 0.15) is 32.1 Å². The van der Waals surface area contributed by atoms with Crippen molar-refractivity contribution in [2.45, 2.75) is 55.9 Å². The number of halogens is 4. The van der Waals surface area contributed by atoms with Crippen LogP contribution in [0, 0.1) is 11.6 Å². The maximum absolute atomic E-state index is 16.8. The Balaban J connectivity index is 1.28. The zero-order valence-electron chi connectivity index (χ0n) is 24.4. The number of alkyl halides is 1. The smallest absolute Gasteiger partial charge is 0.319 e. The summed E-state index contributed by atoms with van der Waals surface area (Å²) in [7, 11) is 2.12. The van der Waals surface area contributed by atoms with E-state index in [-0.39, 0.29) is 40.4 Å². The maximum atomic E-state index is 16.8. The molecule has 0 saturated carbocycles. The number of piperazine rings is 1. The van der Waals surface area contributed by atoms with Crippen molar-refractivity contribution in [2.75, 3.05) is 44.7 Å². The summed E-state index contributed by atoms with van der Waals surface area (Å²) < 4.78 is 53.6. The van der Waals surface area contributed by atoms with Gasteiger partial charge >= 0.3 is 6.01 Å². The third kappa shape index (κ3) is 4.40. The molecular weight excluding hydrogens is 591 g/mol. The lowest BCUT2D eigenvalue weighted by Crippen LogP contribution is -2.52. The number of anilines is 1. The van der Waals surface area contributed by atoms with Gasteiger partial charge in [-0.2, -0.15) is 9.97 Å². The number of phenolic OH excluding ortho intramolecular Hbond substituents is 1. The largest absolute Gasteiger partial charge is 0.508 e. The number of aromatic nitrogens is 2. The average Bonchev–Trinajstić information content (AvgIpc) is 3.56. The Kier molecular flexibility index (Phi) is 6.63. The molecule has 11 heteroatoms. The molecule has 0 spiro atoms. The van der Waals surface area contributed by atoms with Crippen molar-refractivity contribution < 1.29 is 23.0 Å². The molecule has 4 aromatic rings. The number of phenols is 1. The van der Waals surface area contributed by atoms with Crippen molar-refractivity contribution in [3.8, 4) is 22.9 Å². The molecule has 0 aliphatic carbocycles. The Morgan fingerprint density at radius 3 is 2.68 bits per heavy atom. The molecule has 230 valence electrons. The molecule has 4 fully saturated rings. The molecule has 4 aliphatic heterocycles. The quantitative estimate of drug-likeness (QED) is 0.279. The van der Waals surface area contributed by atoms with E-state index >= 15 is 8.78 Å². The summed E-state index contributed by atoms with van der Waals surface area (Å²) in [5.74, 6) is -1.41. The van der Waals surface area contributed by atoms with Gasteiger partial charge in [-0.25, -0.2) is 13.2 Å². The second-order valence-electron chi connectivity index (χ2n) is 12.9. The number of benzene rings is 3. The first-order valence-electron chi connectivity index (χ1n) is 15.3. The van der Waals surface area contributed by atoms with E-state index in [4.69, 9.17) is 21.3 Å². The summed E-state index contributed by atoms with van der Waals surface area (Å²) in [6.07, 6.45) is 3.33. The lowest BCUT2D eigenvalue weighted by molar-refractivity contribution is 0.107. The number of fused-ring (bicyclic) bond motifs is 5. The van der Waals surface area contributed by atoms with Crippen LogP contribution < -0.4 is 9.64 Å². The van der Waals surface area contributed by atoms with Crippen LogP contribution in [0.2, 0.25) is 5.02 Å². The minimum Gasteiger partial charge on any atom is -0.508 e. The van der Waals surface area contributed by atoms with Crippen molar-refractivity contribution in [3.63, 3.8) is 0 Å². The Bertz CT molecular complexity index is 1800. The van der Waals surface area contributed by atoms with Gasteiger partial charge < -0.3 is 14.7 Å². The van der Waals surface area contributed by atoms with Crippen LogP contribution in [0.4, 0.5) is 19.0 Å². The lowest BCUT2D eigenvalue weighted by Gasteiger charge is -2.40. The van der Waals surface area contributed by atoms with Crippen LogP contribution >= 0.6 is 11.6 Å². The molecule has 1 aromatic heterocycles. The summed E-state index contributed by atoms with van der Waals surface area (Å²) >= 11 is 6.53. The van der Waals surface area contributed by atoms with Gasteiger partial charge in [-0.3, -0.25) is 9.80 Å². The van der Waals surface area contributed by atoms with Crippen LogP contribution in [0.5, 0.6) is 11.8 Å². The fourth-order valence-corrected chi connectivity index (χ4v) is 8.49. The summed E-state index contributed by atoms with van der Waals surface area (Å²) in [5.41, 5.74) is -0.721. The van der Waals surface area contributed by atoms with E-state index in [0.29, 0.717) is 59.8 Å². The van der Waals surface area contributed by atoms with Gasteiger partial charge in [-0.15, -0.1) is 0 Å². The number of rotatable bonds is 5. The topological polar surface area (TPSA) is 65.0 Å². The molecule has 2 bridgehead atoms. The number of aromatic hydroxyl groups is 1. The standard InChI is InChI=1S/C33H33ClF3N5O2/c1-40-20-6-7-21(40)16-41(15-20)31-24-12-26(36)28(23-11-22(43)10-18-4-2-5-25(34)27(18)23)29(37)30(24)38-32(39-31)44-17-33-8-3-9-42(33)14-19(35)13-33/h2,4-5,10-12,19-21,43H,3,6-9,13-17H2,1H3/t19-,20?,21?,33+/m1/s1. The number of ether oxygens (including phenoxy) is 1. The summed E-state index contributed by atoms with van der Waals surface area (Å²) in [5, 5.41) is 12.0. The van der Waals surface area contributed by atoms with Gasteiger partial charge in [0.05, 0.1) is 11.1 Å². The highest BCUT2D eigenvalue weighted by atomic mass is 35.5. The molecule has 7 nitrogen and oxygen atoms in total. The molecule has 3 aromatic carbocycles. The number of nitrogens with zero attached hydrogens (tertiary/aromatic N) is 5. The lowest BCUT2D eigenvalue weighted by atomic mass is 9.95. The summed E-state index contributed by atoms with van der Waals surface area (Å²) in [6, 6.07) is 9.80. The van der Waals surface area contributed by atoms with E-state index < -0.39 is 23.3 Å². The fourth-order valence-electron chi connectivity index (χ4n) is 8.21. The Labute approximate surface area is 258 Å². The maximum Gasteiger partial charge on any atom is 0.319 e. The predicted molar refractivity (Wildman–Crippen MR) is 164 cm³/mol. The first kappa shape index (κ1) is 28.2. The molecule has 4 atom stereocenters. The van der Waals surface area contributed by atoms with E-state index in [1.165, 1.54) is 18.2 Å². The van der Waals surface area contributed by atoms with E-state index in [9.17, 15) is 9.50 Å². The van der Waals surface area contributed by atoms with Crippen LogP contribution in [0.3, 0.4) is 0 Å². The zero-order valence-corrected chi connectivity index (χ0v) is 25.1. The highest BCUT2D eigenvalue weighted by Gasteiger charge is 2.49. The summed E-state index contributed by atoms with van der Waals surface area (Å²) in [4.78, 5) is 15.9. The molecular formula is C33H33ClF3N5O2. The van der Waals surface area contributed by atoms with Crippen LogP contribution in [-0.4, -0.2) is 88.5 Å². The first-order valence-corrected chi connectivity index (χ1v) is 15.7. The Morgan fingerprint density at radius 2 is 1.89 bits per heavy atom. The second-order valence-corrected chi connectivity index (χ2v) is 13.3. The SMILES string of the molecule is CN1C2CCC1CN(c1nc(OC[C@@]34CCCN3C[C@H](F)C4)nc3c(F)c(-c4cc(O)cc5cccc(Cl)c45)c(F)cc13)C2. The monoisotopic (exact) mass is 623 g/mol. The number of hydrogen-bond donors (Lipinski definition) is 1. The number of likely N-dealkylation sites (N-methyl/N-ethyl adjacent to an activating group) is 1. The van der Waals surface area contributed by atoms with Crippen LogP contribution in [0.15, 0.2) is 36.4 Å². The van der Waals surface area contributed by atoms with E-state index in [0.717, 1.165) is 32.2 Å². The normalized spacial score (nSPS) is 27.1. The molecule has 2 unspecified atom stereocenters. The molecule has 8 rings (SSSR count). The first-order chi connectivity index (χ1) is 21.2. The molecule has 4 aliphatic rings. The third-order valence-electron chi connectivity index (χ3n) is 10.4. The van der Waals surface area contributed by atoms with Crippen LogP contribution in [-0.2, 0) is 0 Å². The van der Waals surface area contributed by atoms with Crippen molar-refractivity contribution in [1.29, 1.82) is 0 Å². The Hall–Kier alpha value is -3.34. The number of hydrogen-bond acceptors (Lipinski definition) is 7. The Morgan fingerprint density at radius 1 is 1.09 bits per heavy atom. The molecule has 44 heavy (non-hydrogen) atoms. The highest BCUT2D eigenvalue weighted by Crippen LogP contribution is 2.44. The fraction of sp³-hybridized carbons (Fsp3) is 0.455. The van der Waals surface area contributed by atoms with Crippen molar-refractivity contribution >= 4 is 39.1 Å². The molecule has 1 N–H and O–H groups in total. The van der Waals surface area contributed by atoms with E-state index in [1.54, 1.807) is 18.2 Å². The van der Waals surface area contributed by atoms with E-state index in [1.807, 2.05) is 0 Å². The highest BCUT2D eigenvalue weighted by molar-refractivity contribution is 6.36. The molecule has 5 heterocycles. The van der Waals surface area contributed by atoms with Gasteiger partial charge in [-0.05, 0) is 68.9 Å². The molecule has 0 radical (unpaired) electrons. The second kappa shape index (κ2) is 10.4. The minimum atomic E-state index is -0.917. The zero-order chi connectivity index (χ0) is 30.3. The average molecular weight is 624 g/mol. The molecule has 4 saturated heterocycles. The van der Waals surface area contributed by atoms with Gasteiger partial charge in [0.25, 0.3) is 0 Å². The third-order valence-corrected chi connectivity index (χ3v) is 10.7. The predicted octanol–water partition coefficient (Wildman–Crippen LogP) is 6.33. The minimum absolute atomic E-state index is 0.0161. The molecule has 0 amide bonds. The van der Waals surface area contributed by atoms with E-state index in [2.05, 4.69) is 26.7 Å². The van der Waals surface area contributed by atoms with Gasteiger partial charge in [0, 0.05) is 59.5 Å². The van der Waals surface area contributed by atoms with Crippen molar-refractivity contribution in [1.82, 2.24) is 19.8 Å².